The molecule has 0 spiro atoms. The molecule has 0 aromatic heterocycles. The number of benzene rings is 1. The minimum absolute atomic E-state index is 0.496. The summed E-state index contributed by atoms with van der Waals surface area (Å²) < 4.78 is 0. The van der Waals surface area contributed by atoms with Gasteiger partial charge in [-0.1, -0.05) is 18.2 Å². The molecule has 1 aromatic carbocycles. The molecule has 0 radical (unpaired) electrons. The van der Waals surface area contributed by atoms with Crippen LogP contribution >= 0.6 is 0 Å². The minimum Gasteiger partial charge on any atom is -0.300 e. The Morgan fingerprint density at radius 2 is 1.48 bits per heavy atom. The average molecular weight is 284 g/mol. The maximum atomic E-state index is 11.4. The molecule has 0 bridgehead atoms. The van der Waals surface area contributed by atoms with Crippen molar-refractivity contribution in [2.24, 2.45) is 11.8 Å². The molecule has 0 N–H and O–H groups in total. The highest BCUT2D eigenvalue weighted by Gasteiger charge is 2.31. The highest BCUT2D eigenvalue weighted by molar-refractivity contribution is 5.79. The third kappa shape index (κ3) is 3.22. The second-order valence-corrected chi connectivity index (χ2v) is 7.28. The molecule has 2 aliphatic rings. The van der Waals surface area contributed by atoms with Crippen molar-refractivity contribution in [2.75, 3.05) is 0 Å². The summed E-state index contributed by atoms with van der Waals surface area (Å²) in [5, 5.41) is 0. The lowest BCUT2D eigenvalue weighted by molar-refractivity contribution is -0.121. The van der Waals surface area contributed by atoms with E-state index in [0.29, 0.717) is 5.78 Å². The molecule has 2 saturated carbocycles. The largest absolute Gasteiger partial charge is 0.300 e. The van der Waals surface area contributed by atoms with Crippen molar-refractivity contribution in [1.29, 1.82) is 0 Å². The summed E-state index contributed by atoms with van der Waals surface area (Å²) in [5.41, 5.74) is 4.52. The second kappa shape index (κ2) is 6.34. The lowest BCUT2D eigenvalue weighted by atomic mass is 9.69. The Bertz CT molecular complexity index is 499. The topological polar surface area (TPSA) is 17.1 Å². The van der Waals surface area contributed by atoms with Gasteiger partial charge < -0.3 is 0 Å². The number of rotatable bonds is 2. The molecule has 0 aliphatic heterocycles. The maximum absolute atomic E-state index is 11.4. The molecule has 0 atom stereocenters. The predicted octanol–water partition coefficient (Wildman–Crippen LogP) is 5.34. The fourth-order valence-corrected chi connectivity index (χ4v) is 4.55. The van der Waals surface area contributed by atoms with Crippen molar-refractivity contribution in [1.82, 2.24) is 0 Å². The molecule has 0 saturated heterocycles. The Morgan fingerprint density at radius 3 is 2.14 bits per heavy atom. The van der Waals surface area contributed by atoms with Crippen LogP contribution in [0, 0.1) is 25.7 Å². The van der Waals surface area contributed by atoms with Gasteiger partial charge in [0.25, 0.3) is 0 Å². The van der Waals surface area contributed by atoms with E-state index in [9.17, 15) is 4.79 Å². The molecule has 0 unspecified atom stereocenters. The first-order valence-electron chi connectivity index (χ1n) is 8.73. The summed E-state index contributed by atoms with van der Waals surface area (Å²) in [4.78, 5) is 11.4. The van der Waals surface area contributed by atoms with Crippen molar-refractivity contribution in [2.45, 2.75) is 71.1 Å². The summed E-state index contributed by atoms with van der Waals surface area (Å²) >= 11 is 0. The quantitative estimate of drug-likeness (QED) is 0.716. The van der Waals surface area contributed by atoms with Crippen molar-refractivity contribution in [3.8, 4) is 0 Å². The molecule has 2 fully saturated rings. The number of Topliss-reactive ketones (excluding diaryl/α,β-unsaturated/α-hetero) is 1. The van der Waals surface area contributed by atoms with Gasteiger partial charge in [-0.05, 0) is 86.8 Å². The molecular weight excluding hydrogens is 256 g/mol. The lowest BCUT2D eigenvalue weighted by Gasteiger charge is -2.36. The number of ketones is 1. The average Bonchev–Trinajstić information content (AvgIpc) is 2.51. The maximum Gasteiger partial charge on any atom is 0.132 e. The van der Waals surface area contributed by atoms with Crippen LogP contribution in [-0.4, -0.2) is 5.78 Å². The van der Waals surface area contributed by atoms with E-state index in [1.165, 1.54) is 36.8 Å². The van der Waals surface area contributed by atoms with E-state index in [2.05, 4.69) is 32.0 Å². The summed E-state index contributed by atoms with van der Waals surface area (Å²) in [6.45, 7) is 4.51. The highest BCUT2D eigenvalue weighted by Crippen LogP contribution is 2.43. The fourth-order valence-electron chi connectivity index (χ4n) is 4.55. The minimum atomic E-state index is 0.496. The van der Waals surface area contributed by atoms with Gasteiger partial charge in [0.05, 0.1) is 0 Å². The third-order valence-electron chi connectivity index (χ3n) is 6.11. The summed E-state index contributed by atoms with van der Waals surface area (Å²) in [5.74, 6) is 2.99. The van der Waals surface area contributed by atoms with Gasteiger partial charge in [0.2, 0.25) is 0 Å². The number of hydrogen-bond donors (Lipinski definition) is 0. The monoisotopic (exact) mass is 284 g/mol. The van der Waals surface area contributed by atoms with E-state index in [1.807, 2.05) is 0 Å². The second-order valence-electron chi connectivity index (χ2n) is 7.28. The predicted molar refractivity (Wildman–Crippen MR) is 87.6 cm³/mol. The van der Waals surface area contributed by atoms with Crippen LogP contribution in [0.15, 0.2) is 18.2 Å². The van der Waals surface area contributed by atoms with Crippen LogP contribution in [0.1, 0.15) is 74.0 Å². The third-order valence-corrected chi connectivity index (χ3v) is 6.11. The van der Waals surface area contributed by atoms with Gasteiger partial charge in [0.1, 0.15) is 5.78 Å². The van der Waals surface area contributed by atoms with Crippen LogP contribution in [0.5, 0.6) is 0 Å². The molecule has 2 aliphatic carbocycles. The van der Waals surface area contributed by atoms with Gasteiger partial charge in [-0.25, -0.2) is 0 Å². The Hall–Kier alpha value is -1.11. The zero-order valence-electron chi connectivity index (χ0n) is 13.5. The first-order chi connectivity index (χ1) is 10.1. The van der Waals surface area contributed by atoms with E-state index in [4.69, 9.17) is 0 Å². The normalized spacial score (nSPS) is 27.8. The molecule has 0 heterocycles. The molecule has 1 nitrogen and oxygen atoms in total. The van der Waals surface area contributed by atoms with E-state index in [0.717, 1.165) is 43.4 Å². The fraction of sp³-hybridized carbons (Fsp3) is 0.650. The zero-order chi connectivity index (χ0) is 14.8. The van der Waals surface area contributed by atoms with Crippen molar-refractivity contribution in [3.05, 3.63) is 34.9 Å². The molecule has 114 valence electrons. The summed E-state index contributed by atoms with van der Waals surface area (Å²) in [7, 11) is 0. The van der Waals surface area contributed by atoms with Crippen molar-refractivity contribution >= 4 is 5.78 Å². The van der Waals surface area contributed by atoms with Gasteiger partial charge in [0.15, 0.2) is 0 Å². The standard InChI is InChI=1S/C20H28O/c1-14-4-3-5-20(15(14)2)18-8-6-16(7-9-18)17-10-12-19(21)13-11-17/h3-5,16-18H,6-13H2,1-2H3. The Morgan fingerprint density at radius 1 is 0.857 bits per heavy atom. The molecular formula is C20H28O. The first-order valence-corrected chi connectivity index (χ1v) is 8.73. The van der Waals surface area contributed by atoms with E-state index >= 15 is 0 Å². The molecule has 1 heteroatoms. The van der Waals surface area contributed by atoms with E-state index in [-0.39, 0.29) is 0 Å². The van der Waals surface area contributed by atoms with Crippen LogP contribution < -0.4 is 0 Å². The first kappa shape index (κ1) is 14.8. The number of hydrogen-bond acceptors (Lipinski definition) is 1. The number of aryl methyl sites for hydroxylation is 1. The zero-order valence-corrected chi connectivity index (χ0v) is 13.5. The molecule has 0 amide bonds. The van der Waals surface area contributed by atoms with Crippen LogP contribution in [0.2, 0.25) is 0 Å². The number of carbonyl (C=O) groups excluding carboxylic acids is 1. The van der Waals surface area contributed by atoms with Crippen LogP contribution in [0.3, 0.4) is 0 Å². The van der Waals surface area contributed by atoms with Gasteiger partial charge in [-0.2, -0.15) is 0 Å². The molecule has 1 aromatic rings. The van der Waals surface area contributed by atoms with E-state index < -0.39 is 0 Å². The van der Waals surface area contributed by atoms with Crippen LogP contribution in [-0.2, 0) is 4.79 Å². The SMILES string of the molecule is Cc1cccc(C2CCC(C3CCC(=O)CC3)CC2)c1C. The van der Waals surface area contributed by atoms with Crippen LogP contribution in [0.25, 0.3) is 0 Å². The van der Waals surface area contributed by atoms with Crippen LogP contribution in [0.4, 0.5) is 0 Å². The lowest BCUT2D eigenvalue weighted by Crippen LogP contribution is -2.25. The van der Waals surface area contributed by atoms with Crippen molar-refractivity contribution in [3.63, 3.8) is 0 Å². The van der Waals surface area contributed by atoms with Gasteiger partial charge in [-0.3, -0.25) is 4.79 Å². The van der Waals surface area contributed by atoms with Crippen molar-refractivity contribution < 1.29 is 4.79 Å². The smallest absolute Gasteiger partial charge is 0.132 e. The highest BCUT2D eigenvalue weighted by atomic mass is 16.1. The summed E-state index contributed by atoms with van der Waals surface area (Å²) in [6, 6.07) is 6.78. The Labute approximate surface area is 129 Å². The van der Waals surface area contributed by atoms with E-state index in [1.54, 1.807) is 5.56 Å². The Kier molecular flexibility index (Phi) is 4.47. The van der Waals surface area contributed by atoms with Gasteiger partial charge in [0, 0.05) is 12.8 Å². The number of carbonyl (C=O) groups is 1. The summed E-state index contributed by atoms with van der Waals surface area (Å²) in [6.07, 6.45) is 9.46. The Balaban J connectivity index is 1.60. The molecule has 3 rings (SSSR count). The molecule has 21 heavy (non-hydrogen) atoms. The van der Waals surface area contributed by atoms with Gasteiger partial charge in [-0.15, -0.1) is 0 Å². The van der Waals surface area contributed by atoms with Gasteiger partial charge >= 0.3 is 0 Å².